The number of pyridine rings is 1. The highest BCUT2D eigenvalue weighted by Crippen LogP contribution is 2.42. The van der Waals surface area contributed by atoms with Gasteiger partial charge in [0.15, 0.2) is 0 Å². The molecule has 1 aliphatic rings. The van der Waals surface area contributed by atoms with Crippen LogP contribution in [0.25, 0.3) is 11.1 Å². The third-order valence-corrected chi connectivity index (χ3v) is 7.71. The number of aliphatic hydroxyl groups is 1. The van der Waals surface area contributed by atoms with Crippen LogP contribution in [0.1, 0.15) is 73.8 Å². The molecule has 0 saturated heterocycles. The van der Waals surface area contributed by atoms with E-state index in [2.05, 4.69) is 68.2 Å². The smallest absolute Gasteiger partial charge is 0.307 e. The first-order valence-corrected chi connectivity index (χ1v) is 12.4. The van der Waals surface area contributed by atoms with E-state index in [1.165, 1.54) is 22.3 Å². The fraction of sp³-hybridized carbons (Fsp3) is 0.400. The van der Waals surface area contributed by atoms with E-state index in [1.54, 1.807) is 12.4 Å². The van der Waals surface area contributed by atoms with Crippen molar-refractivity contribution >= 4 is 5.97 Å². The first-order valence-electron chi connectivity index (χ1n) is 12.4. The molecule has 0 aliphatic heterocycles. The van der Waals surface area contributed by atoms with Gasteiger partial charge in [-0.1, -0.05) is 56.3 Å². The second-order valence-electron chi connectivity index (χ2n) is 9.88. The Kier molecular flexibility index (Phi) is 6.90. The minimum Gasteiger partial charge on any atom is -0.481 e. The molecule has 178 valence electrons. The van der Waals surface area contributed by atoms with Gasteiger partial charge >= 0.3 is 5.97 Å². The van der Waals surface area contributed by atoms with Gasteiger partial charge in [0.1, 0.15) is 0 Å². The van der Waals surface area contributed by atoms with Crippen molar-refractivity contribution in [2.24, 2.45) is 0 Å². The summed E-state index contributed by atoms with van der Waals surface area (Å²) in [7, 11) is 0. The lowest BCUT2D eigenvalue weighted by molar-refractivity contribution is -0.136. The highest BCUT2D eigenvalue weighted by atomic mass is 16.4. The van der Waals surface area contributed by atoms with Gasteiger partial charge < -0.3 is 10.2 Å². The molecule has 1 heterocycles. The third kappa shape index (κ3) is 5.07. The van der Waals surface area contributed by atoms with Crippen LogP contribution in [0, 0.1) is 6.92 Å². The lowest BCUT2D eigenvalue weighted by Gasteiger charge is -2.34. The number of hydrogen-bond donors (Lipinski definition) is 2. The lowest BCUT2D eigenvalue weighted by Crippen LogP contribution is -2.26. The van der Waals surface area contributed by atoms with Gasteiger partial charge in [-0.3, -0.25) is 9.78 Å². The normalized spacial score (nSPS) is 14.7. The Morgan fingerprint density at radius 3 is 2.24 bits per heavy atom. The zero-order valence-electron chi connectivity index (χ0n) is 20.5. The molecule has 2 aromatic carbocycles. The van der Waals surface area contributed by atoms with Crippen LogP contribution in [-0.4, -0.2) is 26.8 Å². The van der Waals surface area contributed by atoms with E-state index < -0.39 is 11.6 Å². The van der Waals surface area contributed by atoms with Crippen molar-refractivity contribution in [1.29, 1.82) is 0 Å². The van der Waals surface area contributed by atoms with Gasteiger partial charge in [0, 0.05) is 23.4 Å². The largest absolute Gasteiger partial charge is 0.481 e. The molecule has 0 radical (unpaired) electrons. The van der Waals surface area contributed by atoms with Crippen molar-refractivity contribution in [1.82, 2.24) is 4.98 Å². The molecule has 0 bridgehead atoms. The van der Waals surface area contributed by atoms with Gasteiger partial charge in [-0.05, 0) is 84.9 Å². The zero-order valence-corrected chi connectivity index (χ0v) is 20.5. The summed E-state index contributed by atoms with van der Waals surface area (Å²) in [5.41, 5.74) is 7.44. The zero-order chi connectivity index (χ0) is 24.3. The van der Waals surface area contributed by atoms with Crippen molar-refractivity contribution in [2.45, 2.75) is 76.7 Å². The average molecular weight is 458 g/mol. The highest BCUT2D eigenvalue weighted by molar-refractivity contribution is 5.71. The van der Waals surface area contributed by atoms with E-state index in [0.29, 0.717) is 5.56 Å². The van der Waals surface area contributed by atoms with E-state index in [0.717, 1.165) is 49.7 Å². The Morgan fingerprint density at radius 2 is 1.65 bits per heavy atom. The van der Waals surface area contributed by atoms with Gasteiger partial charge in [0.05, 0.1) is 12.0 Å². The number of rotatable bonds is 10. The van der Waals surface area contributed by atoms with Gasteiger partial charge in [0.2, 0.25) is 0 Å². The molecule has 0 amide bonds. The maximum atomic E-state index is 11.1. The number of benzene rings is 2. The van der Waals surface area contributed by atoms with E-state index in [9.17, 15) is 9.90 Å². The molecule has 1 aliphatic carbocycles. The molecular weight excluding hydrogens is 422 g/mol. The van der Waals surface area contributed by atoms with Crippen LogP contribution >= 0.6 is 0 Å². The Hall–Kier alpha value is -2.98. The highest BCUT2D eigenvalue weighted by Gasteiger charge is 2.39. The molecule has 0 unspecified atom stereocenters. The first kappa shape index (κ1) is 24.2. The average Bonchev–Trinajstić information content (AvgIpc) is 3.57. The van der Waals surface area contributed by atoms with Crippen molar-refractivity contribution in [3.05, 3.63) is 88.7 Å². The fourth-order valence-corrected chi connectivity index (χ4v) is 5.17. The van der Waals surface area contributed by atoms with Crippen LogP contribution in [0.4, 0.5) is 0 Å². The Labute approximate surface area is 202 Å². The van der Waals surface area contributed by atoms with Crippen LogP contribution in [-0.2, 0) is 23.1 Å². The standard InChI is InChI=1S/C30H35NO3/c1-4-30(5-2,27-11-6-23(21(3)16-27)12-13-29(34)14-15-29)26-9-7-24(8-10-26)25-17-22(18-28(32)33)19-31-20-25/h6-11,16-17,19-20,34H,4-5,12-15,18H2,1-3H3,(H,32,33). The summed E-state index contributed by atoms with van der Waals surface area (Å²) < 4.78 is 0. The Bertz CT molecular complexity index is 1160. The van der Waals surface area contributed by atoms with Crippen LogP contribution in [0.3, 0.4) is 0 Å². The first-order chi connectivity index (χ1) is 16.3. The van der Waals surface area contributed by atoms with Crippen LogP contribution in [0.5, 0.6) is 0 Å². The number of aliphatic carboxylic acids is 1. The molecule has 1 aromatic heterocycles. The summed E-state index contributed by atoms with van der Waals surface area (Å²) in [5.74, 6) is -0.852. The SMILES string of the molecule is CCC(CC)(c1ccc(-c2cncc(CC(=O)O)c2)cc1)c1ccc(CCC2(O)CC2)c(C)c1. The van der Waals surface area contributed by atoms with Crippen molar-refractivity contribution in [3.8, 4) is 11.1 Å². The van der Waals surface area contributed by atoms with Crippen molar-refractivity contribution in [2.75, 3.05) is 0 Å². The number of carboxylic acids is 1. The second-order valence-corrected chi connectivity index (χ2v) is 9.88. The minimum absolute atomic E-state index is 0.0255. The summed E-state index contributed by atoms with van der Waals surface area (Å²) in [6, 6.07) is 17.4. The summed E-state index contributed by atoms with van der Waals surface area (Å²) in [5, 5.41) is 19.3. The van der Waals surface area contributed by atoms with E-state index in [-0.39, 0.29) is 11.8 Å². The molecule has 4 heteroatoms. The van der Waals surface area contributed by atoms with Crippen molar-refractivity contribution in [3.63, 3.8) is 0 Å². The van der Waals surface area contributed by atoms with Crippen LogP contribution in [0.2, 0.25) is 0 Å². The molecule has 34 heavy (non-hydrogen) atoms. The van der Waals surface area contributed by atoms with Gasteiger partial charge in [-0.2, -0.15) is 0 Å². The molecule has 4 nitrogen and oxygen atoms in total. The topological polar surface area (TPSA) is 70.4 Å². The third-order valence-electron chi connectivity index (χ3n) is 7.71. The maximum Gasteiger partial charge on any atom is 0.307 e. The van der Waals surface area contributed by atoms with Crippen molar-refractivity contribution < 1.29 is 15.0 Å². The molecule has 1 fully saturated rings. The lowest BCUT2D eigenvalue weighted by atomic mass is 9.70. The van der Waals surface area contributed by atoms with Gasteiger partial charge in [0.25, 0.3) is 0 Å². The van der Waals surface area contributed by atoms with Gasteiger partial charge in [-0.25, -0.2) is 0 Å². The second kappa shape index (κ2) is 9.71. The number of carboxylic acid groups (broad SMARTS) is 1. The van der Waals surface area contributed by atoms with E-state index in [4.69, 9.17) is 5.11 Å². The summed E-state index contributed by atoms with van der Waals surface area (Å²) >= 11 is 0. The molecule has 0 atom stereocenters. The quantitative estimate of drug-likeness (QED) is 0.378. The maximum absolute atomic E-state index is 11.1. The Balaban J connectivity index is 1.60. The number of hydrogen-bond acceptors (Lipinski definition) is 3. The monoisotopic (exact) mass is 457 g/mol. The summed E-state index contributed by atoms with van der Waals surface area (Å²) in [4.78, 5) is 15.3. The van der Waals surface area contributed by atoms with Gasteiger partial charge in [-0.15, -0.1) is 0 Å². The predicted octanol–water partition coefficient (Wildman–Crippen LogP) is 6.25. The Morgan fingerprint density at radius 1 is 0.971 bits per heavy atom. The minimum atomic E-state index is -0.852. The molecular formula is C30H35NO3. The molecule has 1 saturated carbocycles. The predicted molar refractivity (Wildman–Crippen MR) is 136 cm³/mol. The number of aryl methyl sites for hydroxylation is 2. The van der Waals surface area contributed by atoms with Crippen LogP contribution < -0.4 is 0 Å². The number of aromatic nitrogens is 1. The van der Waals surface area contributed by atoms with Crippen LogP contribution in [0.15, 0.2) is 60.9 Å². The van der Waals surface area contributed by atoms with E-state index in [1.807, 2.05) is 6.07 Å². The fourth-order valence-electron chi connectivity index (χ4n) is 5.17. The molecule has 4 rings (SSSR count). The molecule has 2 N–H and O–H groups in total. The molecule has 0 spiro atoms. The summed E-state index contributed by atoms with van der Waals surface area (Å²) in [6.45, 7) is 6.69. The van der Waals surface area contributed by atoms with E-state index >= 15 is 0 Å². The number of nitrogens with zero attached hydrogens (tertiary/aromatic N) is 1. The molecule has 3 aromatic rings. The summed E-state index contributed by atoms with van der Waals surface area (Å²) in [6.07, 6.45) is 9.02. The number of carbonyl (C=O) groups is 1.